The summed E-state index contributed by atoms with van der Waals surface area (Å²) in [6, 6.07) is 0. The average molecular weight is 200 g/mol. The summed E-state index contributed by atoms with van der Waals surface area (Å²) < 4.78 is 11.4. The van der Waals surface area contributed by atoms with Gasteiger partial charge in [0.1, 0.15) is 0 Å². The fourth-order valence-electron chi connectivity index (χ4n) is 1.34. The number of hydrogen-bond acceptors (Lipinski definition) is 2. The Labute approximate surface area is 83.2 Å². The Morgan fingerprint density at radius 3 is 2.00 bits per heavy atom. The number of hydrogen-bond donors (Lipinski definition) is 0. The van der Waals surface area contributed by atoms with Gasteiger partial charge in [0.15, 0.2) is 0 Å². The third kappa shape index (κ3) is 4.29. The predicted octanol–water partition coefficient (Wildman–Crippen LogP) is 2.43. The van der Waals surface area contributed by atoms with E-state index < -0.39 is 8.07 Å². The molecule has 1 aliphatic rings. The van der Waals surface area contributed by atoms with Crippen LogP contribution in [0.15, 0.2) is 0 Å². The van der Waals surface area contributed by atoms with Gasteiger partial charge in [-0.2, -0.15) is 0 Å². The van der Waals surface area contributed by atoms with Crippen LogP contribution in [0.25, 0.3) is 0 Å². The third-order valence-corrected chi connectivity index (χ3v) is 3.66. The summed E-state index contributed by atoms with van der Waals surface area (Å²) in [5.41, 5.74) is 0.204. The zero-order valence-electron chi connectivity index (χ0n) is 9.52. The van der Waals surface area contributed by atoms with Gasteiger partial charge in [-0.05, 0) is 5.94 Å². The first-order chi connectivity index (χ1) is 5.79. The average Bonchev–Trinajstić information content (AvgIpc) is 1.91. The van der Waals surface area contributed by atoms with Crippen LogP contribution in [0.1, 0.15) is 13.8 Å². The highest BCUT2D eigenvalue weighted by atomic mass is 28.3. The lowest BCUT2D eigenvalue weighted by molar-refractivity contribution is 0.0299. The van der Waals surface area contributed by atoms with Crippen molar-refractivity contribution in [2.75, 3.05) is 13.2 Å². The molecule has 0 aromatic rings. The van der Waals surface area contributed by atoms with Gasteiger partial charge in [-0.3, -0.25) is 0 Å². The summed E-state index contributed by atoms with van der Waals surface area (Å²) in [6.45, 7) is 13.1. The Morgan fingerprint density at radius 2 is 1.62 bits per heavy atom. The minimum absolute atomic E-state index is 0.0692. The van der Waals surface area contributed by atoms with Crippen molar-refractivity contribution in [1.29, 1.82) is 0 Å². The van der Waals surface area contributed by atoms with E-state index in [0.717, 1.165) is 19.2 Å². The largest absolute Gasteiger partial charge is 0.454 e. The van der Waals surface area contributed by atoms with Crippen LogP contribution in [0.2, 0.25) is 25.6 Å². The van der Waals surface area contributed by atoms with E-state index >= 15 is 0 Å². The van der Waals surface area contributed by atoms with Crippen LogP contribution in [-0.2, 0) is 9.31 Å². The molecule has 0 aromatic heterocycles. The standard InChI is InChI=1S/C9H21BO2Si/c1-9(2)6-11-10(12-7-9)8-13(3,4)5/h6-8H2,1-5H3. The zero-order chi connectivity index (χ0) is 10.1. The molecule has 0 radical (unpaired) electrons. The van der Waals surface area contributed by atoms with E-state index in [4.69, 9.17) is 9.31 Å². The van der Waals surface area contributed by atoms with Crippen LogP contribution in [0, 0.1) is 5.41 Å². The van der Waals surface area contributed by atoms with Crippen LogP contribution < -0.4 is 0 Å². The summed E-state index contributed by atoms with van der Waals surface area (Å²) in [7, 11) is -0.972. The SMILES string of the molecule is CC1(C)COB(C[Si](C)(C)C)OC1. The summed E-state index contributed by atoms with van der Waals surface area (Å²) in [5.74, 6) is 1.11. The summed E-state index contributed by atoms with van der Waals surface area (Å²) in [4.78, 5) is 0. The van der Waals surface area contributed by atoms with Gasteiger partial charge in [0.2, 0.25) is 0 Å². The summed E-state index contributed by atoms with van der Waals surface area (Å²) >= 11 is 0. The maximum Gasteiger partial charge on any atom is 0.454 e. The van der Waals surface area contributed by atoms with E-state index in [1.54, 1.807) is 0 Å². The second kappa shape index (κ2) is 3.75. The molecule has 0 amide bonds. The van der Waals surface area contributed by atoms with Crippen molar-refractivity contribution in [3.8, 4) is 0 Å². The van der Waals surface area contributed by atoms with Crippen molar-refractivity contribution in [2.45, 2.75) is 39.4 Å². The Kier molecular flexibility index (Phi) is 3.25. The van der Waals surface area contributed by atoms with E-state index in [9.17, 15) is 0 Å². The Morgan fingerprint density at radius 1 is 1.15 bits per heavy atom. The molecule has 0 unspecified atom stereocenters. The van der Waals surface area contributed by atoms with Crippen molar-refractivity contribution in [2.24, 2.45) is 5.41 Å². The Balaban J connectivity index is 2.34. The van der Waals surface area contributed by atoms with Crippen LogP contribution in [0.3, 0.4) is 0 Å². The Bertz CT molecular complexity index is 167. The minimum atomic E-state index is -1.04. The van der Waals surface area contributed by atoms with E-state index in [1.165, 1.54) is 0 Å². The highest BCUT2D eigenvalue weighted by Crippen LogP contribution is 2.24. The van der Waals surface area contributed by atoms with Crippen LogP contribution in [-0.4, -0.2) is 28.4 Å². The maximum absolute atomic E-state index is 5.68. The monoisotopic (exact) mass is 200 g/mol. The van der Waals surface area contributed by atoms with Crippen molar-refractivity contribution < 1.29 is 9.31 Å². The maximum atomic E-state index is 5.68. The molecule has 1 rings (SSSR count). The lowest BCUT2D eigenvalue weighted by Crippen LogP contribution is -2.44. The normalized spacial score (nSPS) is 23.3. The molecule has 13 heavy (non-hydrogen) atoms. The minimum Gasteiger partial charge on any atom is -0.411 e. The van der Waals surface area contributed by atoms with E-state index in [-0.39, 0.29) is 12.5 Å². The van der Waals surface area contributed by atoms with Crippen molar-refractivity contribution >= 4 is 15.2 Å². The molecular formula is C9H21BO2Si. The van der Waals surface area contributed by atoms with E-state index in [1.807, 2.05) is 0 Å². The highest BCUT2D eigenvalue weighted by Gasteiger charge is 2.35. The molecule has 0 bridgehead atoms. The predicted molar refractivity (Wildman–Crippen MR) is 59.6 cm³/mol. The molecule has 0 saturated carbocycles. The third-order valence-electron chi connectivity index (χ3n) is 2.10. The topological polar surface area (TPSA) is 18.5 Å². The van der Waals surface area contributed by atoms with E-state index in [2.05, 4.69) is 33.5 Å². The molecule has 0 aromatic carbocycles. The molecule has 0 aliphatic carbocycles. The fourth-order valence-corrected chi connectivity index (χ4v) is 2.58. The van der Waals surface area contributed by atoms with Gasteiger partial charge in [0.25, 0.3) is 0 Å². The quantitative estimate of drug-likeness (QED) is 0.637. The van der Waals surface area contributed by atoms with Gasteiger partial charge in [-0.15, -0.1) is 0 Å². The van der Waals surface area contributed by atoms with Crippen molar-refractivity contribution in [3.05, 3.63) is 0 Å². The van der Waals surface area contributed by atoms with Crippen molar-refractivity contribution in [1.82, 2.24) is 0 Å². The smallest absolute Gasteiger partial charge is 0.411 e. The van der Waals surface area contributed by atoms with Gasteiger partial charge in [0, 0.05) is 26.7 Å². The summed E-state index contributed by atoms with van der Waals surface area (Å²) in [5, 5.41) is 0. The molecule has 1 aliphatic heterocycles. The van der Waals surface area contributed by atoms with Gasteiger partial charge in [-0.25, -0.2) is 0 Å². The molecule has 4 heteroatoms. The van der Waals surface area contributed by atoms with Gasteiger partial charge in [0.05, 0.1) is 0 Å². The molecular weight excluding hydrogens is 179 g/mol. The lowest BCUT2D eigenvalue weighted by Gasteiger charge is -2.34. The van der Waals surface area contributed by atoms with E-state index in [0.29, 0.717) is 0 Å². The summed E-state index contributed by atoms with van der Waals surface area (Å²) in [6.07, 6.45) is 0. The second-order valence-corrected chi connectivity index (χ2v) is 11.5. The highest BCUT2D eigenvalue weighted by molar-refractivity contribution is 6.84. The first-order valence-corrected chi connectivity index (χ1v) is 8.72. The molecule has 76 valence electrons. The first-order valence-electron chi connectivity index (χ1n) is 5.02. The molecule has 0 spiro atoms. The number of rotatable bonds is 2. The second-order valence-electron chi connectivity index (χ2n) is 5.98. The molecule has 1 saturated heterocycles. The fraction of sp³-hybridized carbons (Fsp3) is 1.00. The molecule has 1 fully saturated rings. The lowest BCUT2D eigenvalue weighted by atomic mass is 9.86. The van der Waals surface area contributed by atoms with Gasteiger partial charge in [-0.1, -0.05) is 33.5 Å². The van der Waals surface area contributed by atoms with Gasteiger partial charge < -0.3 is 9.31 Å². The molecule has 0 atom stereocenters. The zero-order valence-corrected chi connectivity index (χ0v) is 10.5. The van der Waals surface area contributed by atoms with Gasteiger partial charge >= 0.3 is 7.12 Å². The Hall–Kier alpha value is 0.202. The van der Waals surface area contributed by atoms with Crippen LogP contribution in [0.4, 0.5) is 0 Å². The van der Waals surface area contributed by atoms with Crippen molar-refractivity contribution in [3.63, 3.8) is 0 Å². The van der Waals surface area contributed by atoms with Crippen LogP contribution >= 0.6 is 0 Å². The van der Waals surface area contributed by atoms with Crippen LogP contribution in [0.5, 0.6) is 0 Å². The first kappa shape index (κ1) is 11.3. The molecule has 2 nitrogen and oxygen atoms in total. The molecule has 0 N–H and O–H groups in total. The molecule has 1 heterocycles.